The summed E-state index contributed by atoms with van der Waals surface area (Å²) >= 11 is 6.67. The van der Waals surface area contributed by atoms with Crippen LogP contribution in [0.5, 0.6) is 0 Å². The number of carbonyl (C=O) groups is 1. The largest absolute Gasteiger partial charge is 0.346 e. The van der Waals surface area contributed by atoms with Crippen LogP contribution in [0.25, 0.3) is 0 Å². The summed E-state index contributed by atoms with van der Waals surface area (Å²) < 4.78 is 3.81. The Kier molecular flexibility index (Phi) is 4.04. The first kappa shape index (κ1) is 13.1. The molecule has 1 aromatic rings. The molecule has 0 spiro atoms. The van der Waals surface area contributed by atoms with Gasteiger partial charge in [-0.25, -0.2) is 0 Å². The van der Waals surface area contributed by atoms with E-state index >= 15 is 0 Å². The van der Waals surface area contributed by atoms with Crippen molar-refractivity contribution in [2.75, 3.05) is 6.54 Å². The second-order valence-electron chi connectivity index (χ2n) is 4.40. The van der Waals surface area contributed by atoms with Crippen molar-refractivity contribution < 1.29 is 4.79 Å². The Hall–Kier alpha value is -0.940. The van der Waals surface area contributed by atoms with Gasteiger partial charge < -0.3 is 5.32 Å². The lowest BCUT2D eigenvalue weighted by molar-refractivity contribution is 0.0959. The number of carbonyl (C=O) groups excluding carboxylic acids is 1. The number of amides is 1. The Bertz CT molecular complexity index is 408. The third-order valence-electron chi connectivity index (χ3n) is 1.85. The lowest BCUT2D eigenvalue weighted by atomic mass is 9.91. The number of aromatic nitrogens is 2. The van der Waals surface area contributed by atoms with Crippen LogP contribution in [0.3, 0.4) is 0 Å². The van der Waals surface area contributed by atoms with Gasteiger partial charge in [-0.2, -0.15) is 0 Å². The third-order valence-corrected chi connectivity index (χ3v) is 2.70. The van der Waals surface area contributed by atoms with Crippen molar-refractivity contribution in [3.63, 3.8) is 0 Å². The molecule has 0 radical (unpaired) electrons. The fourth-order valence-electron chi connectivity index (χ4n) is 1.09. The molecule has 0 atom stereocenters. The van der Waals surface area contributed by atoms with Crippen LogP contribution < -0.4 is 5.32 Å². The van der Waals surface area contributed by atoms with Gasteiger partial charge >= 0.3 is 0 Å². The van der Waals surface area contributed by atoms with E-state index in [9.17, 15) is 4.79 Å². The normalized spacial score (nSPS) is 11.2. The lowest BCUT2D eigenvalue weighted by Crippen LogP contribution is -2.27. The molecule has 6 heteroatoms. The fraction of sp³-hybridized carbons (Fsp3) is 0.500. The second-order valence-corrected chi connectivity index (χ2v) is 5.69. The van der Waals surface area contributed by atoms with Gasteiger partial charge in [0.1, 0.15) is 4.88 Å². The highest BCUT2D eigenvalue weighted by molar-refractivity contribution is 7.08. The zero-order valence-electron chi connectivity index (χ0n) is 9.50. The van der Waals surface area contributed by atoms with Crippen molar-refractivity contribution in [3.8, 4) is 0 Å². The highest BCUT2D eigenvalue weighted by atomic mass is 35.5. The van der Waals surface area contributed by atoms with Crippen LogP contribution in [-0.2, 0) is 5.41 Å². The van der Waals surface area contributed by atoms with Gasteiger partial charge in [-0.05, 0) is 11.5 Å². The van der Waals surface area contributed by atoms with Crippen LogP contribution in [0.2, 0.25) is 0 Å². The number of nitrogens with zero attached hydrogens (tertiary/aromatic N) is 2. The molecule has 1 aromatic heterocycles. The smallest absolute Gasteiger partial charge is 0.265 e. The Labute approximate surface area is 104 Å². The predicted molar refractivity (Wildman–Crippen MR) is 65.9 cm³/mol. The molecule has 0 bridgehead atoms. The average Bonchev–Trinajstić information content (AvgIpc) is 2.61. The van der Waals surface area contributed by atoms with Gasteiger partial charge in [-0.3, -0.25) is 4.79 Å². The Morgan fingerprint density at radius 1 is 1.56 bits per heavy atom. The summed E-state index contributed by atoms with van der Waals surface area (Å²) in [6.07, 6.45) is 0. The van der Waals surface area contributed by atoms with E-state index in [4.69, 9.17) is 11.6 Å². The van der Waals surface area contributed by atoms with Gasteiger partial charge in [0.25, 0.3) is 5.91 Å². The highest BCUT2D eigenvalue weighted by Crippen LogP contribution is 2.25. The minimum Gasteiger partial charge on any atom is -0.346 e. The van der Waals surface area contributed by atoms with Crippen LogP contribution in [0.4, 0.5) is 0 Å². The van der Waals surface area contributed by atoms with Crippen molar-refractivity contribution in [1.29, 1.82) is 0 Å². The van der Waals surface area contributed by atoms with E-state index in [0.29, 0.717) is 15.6 Å². The van der Waals surface area contributed by atoms with E-state index < -0.39 is 0 Å². The molecule has 0 saturated heterocycles. The maximum atomic E-state index is 11.8. The zero-order valence-corrected chi connectivity index (χ0v) is 11.1. The van der Waals surface area contributed by atoms with Gasteiger partial charge in [0.05, 0.1) is 12.2 Å². The first-order chi connectivity index (χ1) is 7.32. The lowest BCUT2D eigenvalue weighted by Gasteiger charge is -2.16. The molecule has 1 amide bonds. The predicted octanol–water partition coefficient (Wildman–Crippen LogP) is 2.32. The monoisotopic (exact) mass is 259 g/mol. The van der Waals surface area contributed by atoms with E-state index in [2.05, 4.69) is 21.5 Å². The molecular formula is C10H14ClN3OS. The topological polar surface area (TPSA) is 54.9 Å². The molecule has 16 heavy (non-hydrogen) atoms. The van der Waals surface area contributed by atoms with Crippen LogP contribution in [-0.4, -0.2) is 22.0 Å². The molecule has 0 aliphatic carbocycles. The van der Waals surface area contributed by atoms with Crippen LogP contribution in [0, 0.1) is 0 Å². The van der Waals surface area contributed by atoms with E-state index in [-0.39, 0.29) is 17.9 Å². The van der Waals surface area contributed by atoms with E-state index in [0.717, 1.165) is 11.5 Å². The van der Waals surface area contributed by atoms with Crippen molar-refractivity contribution in [1.82, 2.24) is 14.9 Å². The van der Waals surface area contributed by atoms with E-state index in [1.165, 1.54) is 0 Å². The van der Waals surface area contributed by atoms with Crippen molar-refractivity contribution in [2.45, 2.75) is 26.2 Å². The number of rotatable bonds is 3. The first-order valence-corrected chi connectivity index (χ1v) is 5.92. The SMILES string of the molecule is C=C(Cl)CNC(=O)c1snnc1C(C)(C)C. The molecule has 0 aliphatic heterocycles. The Morgan fingerprint density at radius 2 is 2.19 bits per heavy atom. The Morgan fingerprint density at radius 3 is 2.69 bits per heavy atom. The van der Waals surface area contributed by atoms with Crippen LogP contribution in [0.1, 0.15) is 36.1 Å². The van der Waals surface area contributed by atoms with Crippen LogP contribution in [0.15, 0.2) is 11.6 Å². The minimum absolute atomic E-state index is 0.197. The fourth-order valence-corrected chi connectivity index (χ4v) is 1.95. The molecule has 0 saturated carbocycles. The molecule has 0 unspecified atom stereocenters. The molecule has 1 N–H and O–H groups in total. The molecule has 1 heterocycles. The first-order valence-electron chi connectivity index (χ1n) is 4.76. The minimum atomic E-state index is -0.207. The maximum Gasteiger partial charge on any atom is 0.265 e. The molecule has 4 nitrogen and oxygen atoms in total. The molecular weight excluding hydrogens is 246 g/mol. The van der Waals surface area contributed by atoms with Gasteiger partial charge in [-0.15, -0.1) is 5.10 Å². The van der Waals surface area contributed by atoms with Crippen molar-refractivity contribution in [2.24, 2.45) is 0 Å². The molecule has 88 valence electrons. The van der Waals surface area contributed by atoms with Gasteiger partial charge in [0.2, 0.25) is 0 Å². The number of nitrogens with one attached hydrogen (secondary N) is 1. The Balaban J connectivity index is 2.84. The molecule has 0 aromatic carbocycles. The third kappa shape index (κ3) is 3.28. The van der Waals surface area contributed by atoms with Gasteiger partial charge in [0.15, 0.2) is 0 Å². The van der Waals surface area contributed by atoms with Gasteiger partial charge in [0, 0.05) is 10.4 Å². The van der Waals surface area contributed by atoms with Crippen molar-refractivity contribution in [3.05, 3.63) is 22.2 Å². The highest BCUT2D eigenvalue weighted by Gasteiger charge is 2.25. The number of hydrogen-bond acceptors (Lipinski definition) is 4. The molecule has 1 rings (SSSR count). The number of halogens is 1. The maximum absolute atomic E-state index is 11.8. The summed E-state index contributed by atoms with van der Waals surface area (Å²) in [5.41, 5.74) is 0.507. The standard InChI is InChI=1S/C10H14ClN3OS/c1-6(11)5-12-9(15)7-8(10(2,3)4)13-14-16-7/h1,5H2,2-4H3,(H,12,15). The quantitative estimate of drug-likeness (QED) is 0.906. The van der Waals surface area contributed by atoms with E-state index in [1.54, 1.807) is 0 Å². The van der Waals surface area contributed by atoms with Crippen LogP contribution >= 0.6 is 23.1 Å². The molecule has 0 fully saturated rings. The van der Waals surface area contributed by atoms with Crippen molar-refractivity contribution >= 4 is 29.0 Å². The second kappa shape index (κ2) is 4.93. The van der Waals surface area contributed by atoms with E-state index in [1.807, 2.05) is 20.8 Å². The summed E-state index contributed by atoms with van der Waals surface area (Å²) in [5.74, 6) is -0.207. The summed E-state index contributed by atoms with van der Waals surface area (Å²) in [4.78, 5) is 12.3. The summed E-state index contributed by atoms with van der Waals surface area (Å²) in [5, 5.41) is 7.04. The zero-order chi connectivity index (χ0) is 12.3. The molecule has 0 aliphatic rings. The average molecular weight is 260 g/mol. The summed E-state index contributed by atoms with van der Waals surface area (Å²) in [6.45, 7) is 9.72. The summed E-state index contributed by atoms with van der Waals surface area (Å²) in [7, 11) is 0. The number of hydrogen-bond donors (Lipinski definition) is 1. The van der Waals surface area contributed by atoms with Gasteiger partial charge in [-0.1, -0.05) is 43.4 Å². The summed E-state index contributed by atoms with van der Waals surface area (Å²) in [6, 6.07) is 0.